The predicted molar refractivity (Wildman–Crippen MR) is 117 cm³/mol. The molecule has 1 aromatic carbocycles. The monoisotopic (exact) mass is 415 g/mol. The molecule has 2 saturated heterocycles. The van der Waals surface area contributed by atoms with E-state index in [-0.39, 0.29) is 12.5 Å². The highest BCUT2D eigenvalue weighted by Crippen LogP contribution is 2.31. The number of ether oxygens (including phenoxy) is 2. The number of benzene rings is 1. The molecule has 8 heteroatoms. The molecule has 4 rings (SSSR count). The van der Waals surface area contributed by atoms with Gasteiger partial charge < -0.3 is 24.6 Å². The van der Waals surface area contributed by atoms with Crippen LogP contribution in [0.5, 0.6) is 5.75 Å². The minimum atomic E-state index is 0.0172. The number of aliphatic imine (C=N–C) groups is 1. The van der Waals surface area contributed by atoms with Gasteiger partial charge in [0, 0.05) is 52.9 Å². The topological polar surface area (TPSA) is 69.6 Å². The molecule has 3 aliphatic rings. The molecular weight excluding hydrogens is 382 g/mol. The molecule has 0 saturated carbocycles. The second-order valence-electron chi connectivity index (χ2n) is 8.14. The molecule has 1 amide bonds. The molecule has 164 valence electrons. The molecule has 0 aromatic heterocycles. The lowest BCUT2D eigenvalue weighted by Gasteiger charge is -2.30. The molecular formula is C22H33N5O3. The van der Waals surface area contributed by atoms with E-state index >= 15 is 0 Å². The number of guanidine groups is 1. The van der Waals surface area contributed by atoms with Crippen LogP contribution in [0.1, 0.15) is 12.8 Å². The van der Waals surface area contributed by atoms with Crippen LogP contribution < -0.4 is 15.0 Å². The molecule has 0 radical (unpaired) electrons. The number of rotatable bonds is 6. The number of hydrogen-bond acceptors (Lipinski definition) is 5. The quantitative estimate of drug-likeness (QED) is 0.425. The fourth-order valence-electron chi connectivity index (χ4n) is 4.49. The smallest absolute Gasteiger partial charge is 0.265 e. The van der Waals surface area contributed by atoms with Crippen molar-refractivity contribution in [1.29, 1.82) is 0 Å². The normalized spacial score (nSPS) is 22.8. The molecule has 3 heterocycles. The van der Waals surface area contributed by atoms with Crippen molar-refractivity contribution in [3.8, 4) is 5.75 Å². The Balaban J connectivity index is 1.21. The van der Waals surface area contributed by atoms with Crippen LogP contribution in [0.3, 0.4) is 0 Å². The van der Waals surface area contributed by atoms with E-state index in [9.17, 15) is 4.79 Å². The molecule has 3 aliphatic heterocycles. The molecule has 0 spiro atoms. The Kier molecular flexibility index (Phi) is 7.07. The third-order valence-corrected chi connectivity index (χ3v) is 6.07. The second kappa shape index (κ2) is 10.1. The molecule has 2 fully saturated rings. The number of nitrogens with zero attached hydrogens (tertiary/aromatic N) is 4. The SMILES string of the molecule is CN=C(NCCCN1C(=O)COc2ccccc21)N1CCC(CN2CCOCC2)C1. The summed E-state index contributed by atoms with van der Waals surface area (Å²) >= 11 is 0. The third kappa shape index (κ3) is 5.05. The fraction of sp³-hybridized carbons (Fsp3) is 0.636. The summed E-state index contributed by atoms with van der Waals surface area (Å²) in [5, 5.41) is 3.49. The van der Waals surface area contributed by atoms with Crippen molar-refractivity contribution in [2.75, 3.05) is 77.6 Å². The van der Waals surface area contributed by atoms with E-state index in [4.69, 9.17) is 9.47 Å². The highest BCUT2D eigenvalue weighted by Gasteiger charge is 2.27. The molecule has 1 N–H and O–H groups in total. The number of anilines is 1. The van der Waals surface area contributed by atoms with E-state index in [0.717, 1.165) is 76.3 Å². The number of nitrogens with one attached hydrogen (secondary N) is 1. The summed E-state index contributed by atoms with van der Waals surface area (Å²) in [6, 6.07) is 7.72. The summed E-state index contributed by atoms with van der Waals surface area (Å²) in [4.78, 5) is 23.5. The van der Waals surface area contributed by atoms with Crippen LogP contribution in [0.25, 0.3) is 0 Å². The first-order chi connectivity index (χ1) is 14.7. The predicted octanol–water partition coefficient (Wildman–Crippen LogP) is 1.03. The maximum absolute atomic E-state index is 12.3. The van der Waals surface area contributed by atoms with Crippen molar-refractivity contribution < 1.29 is 14.3 Å². The van der Waals surface area contributed by atoms with Crippen molar-refractivity contribution >= 4 is 17.6 Å². The third-order valence-electron chi connectivity index (χ3n) is 6.07. The number of carbonyl (C=O) groups excluding carboxylic acids is 1. The zero-order valence-electron chi connectivity index (χ0n) is 17.9. The molecule has 8 nitrogen and oxygen atoms in total. The number of carbonyl (C=O) groups is 1. The van der Waals surface area contributed by atoms with Crippen LogP contribution in [-0.4, -0.2) is 94.3 Å². The summed E-state index contributed by atoms with van der Waals surface area (Å²) in [6.45, 7) is 8.62. The van der Waals surface area contributed by atoms with E-state index in [1.165, 1.54) is 6.42 Å². The van der Waals surface area contributed by atoms with E-state index in [1.807, 2.05) is 36.2 Å². The van der Waals surface area contributed by atoms with Gasteiger partial charge in [0.1, 0.15) is 5.75 Å². The van der Waals surface area contributed by atoms with Crippen LogP contribution in [0.15, 0.2) is 29.3 Å². The molecule has 1 atom stereocenters. The van der Waals surface area contributed by atoms with Crippen molar-refractivity contribution in [1.82, 2.24) is 15.1 Å². The van der Waals surface area contributed by atoms with Gasteiger partial charge in [-0.25, -0.2) is 0 Å². The lowest BCUT2D eigenvalue weighted by atomic mass is 10.1. The number of likely N-dealkylation sites (tertiary alicyclic amines) is 1. The fourth-order valence-corrected chi connectivity index (χ4v) is 4.49. The minimum Gasteiger partial charge on any atom is -0.482 e. The van der Waals surface area contributed by atoms with Gasteiger partial charge in [-0.3, -0.25) is 14.7 Å². The van der Waals surface area contributed by atoms with Gasteiger partial charge in [0.2, 0.25) is 0 Å². The molecule has 0 bridgehead atoms. The summed E-state index contributed by atoms with van der Waals surface area (Å²) < 4.78 is 11.0. The van der Waals surface area contributed by atoms with Gasteiger partial charge in [-0.2, -0.15) is 0 Å². The largest absolute Gasteiger partial charge is 0.482 e. The van der Waals surface area contributed by atoms with Crippen molar-refractivity contribution in [2.45, 2.75) is 12.8 Å². The number of fused-ring (bicyclic) bond motifs is 1. The number of hydrogen-bond donors (Lipinski definition) is 1. The second-order valence-corrected chi connectivity index (χ2v) is 8.14. The van der Waals surface area contributed by atoms with Crippen molar-refractivity contribution in [3.63, 3.8) is 0 Å². The van der Waals surface area contributed by atoms with Gasteiger partial charge in [0.25, 0.3) is 5.91 Å². The number of para-hydroxylation sites is 2. The summed E-state index contributed by atoms with van der Waals surface area (Å²) in [5.74, 6) is 2.45. The summed E-state index contributed by atoms with van der Waals surface area (Å²) in [7, 11) is 1.85. The van der Waals surface area contributed by atoms with Gasteiger partial charge >= 0.3 is 0 Å². The average molecular weight is 416 g/mol. The first-order valence-corrected chi connectivity index (χ1v) is 11.0. The Hall–Kier alpha value is -2.32. The van der Waals surface area contributed by atoms with Crippen LogP contribution in [0.4, 0.5) is 5.69 Å². The van der Waals surface area contributed by atoms with Gasteiger partial charge in [-0.15, -0.1) is 0 Å². The molecule has 1 unspecified atom stereocenters. The lowest BCUT2D eigenvalue weighted by Crippen LogP contribution is -2.44. The van der Waals surface area contributed by atoms with Gasteiger partial charge in [0.15, 0.2) is 12.6 Å². The highest BCUT2D eigenvalue weighted by molar-refractivity contribution is 5.97. The van der Waals surface area contributed by atoms with Gasteiger partial charge in [-0.1, -0.05) is 12.1 Å². The standard InChI is InChI=1S/C22H33N5O3/c1-23-22(26-10-7-18(16-26)15-25-11-13-29-14-12-25)24-8-4-9-27-19-5-2-3-6-20(19)30-17-21(27)28/h2-3,5-6,18H,4,7-17H2,1H3,(H,23,24). The van der Waals surface area contributed by atoms with Gasteiger partial charge in [-0.05, 0) is 30.9 Å². The van der Waals surface area contributed by atoms with E-state index in [0.29, 0.717) is 12.5 Å². The number of amides is 1. The Bertz CT molecular complexity index is 750. The highest BCUT2D eigenvalue weighted by atomic mass is 16.5. The maximum atomic E-state index is 12.3. The lowest BCUT2D eigenvalue weighted by molar-refractivity contribution is -0.121. The zero-order valence-corrected chi connectivity index (χ0v) is 17.9. The van der Waals surface area contributed by atoms with Crippen LogP contribution >= 0.6 is 0 Å². The van der Waals surface area contributed by atoms with E-state index < -0.39 is 0 Å². The minimum absolute atomic E-state index is 0.0172. The van der Waals surface area contributed by atoms with E-state index in [1.54, 1.807) is 0 Å². The Morgan fingerprint density at radius 3 is 2.90 bits per heavy atom. The first-order valence-electron chi connectivity index (χ1n) is 11.0. The average Bonchev–Trinajstić information content (AvgIpc) is 3.24. The number of morpholine rings is 1. The van der Waals surface area contributed by atoms with Crippen molar-refractivity contribution in [3.05, 3.63) is 24.3 Å². The molecule has 30 heavy (non-hydrogen) atoms. The van der Waals surface area contributed by atoms with Crippen molar-refractivity contribution in [2.24, 2.45) is 10.9 Å². The molecule has 1 aromatic rings. The zero-order chi connectivity index (χ0) is 20.8. The van der Waals surface area contributed by atoms with Crippen LogP contribution in [0.2, 0.25) is 0 Å². The summed E-state index contributed by atoms with van der Waals surface area (Å²) in [5.41, 5.74) is 0.864. The van der Waals surface area contributed by atoms with Gasteiger partial charge in [0.05, 0.1) is 18.9 Å². The Morgan fingerprint density at radius 2 is 2.07 bits per heavy atom. The Labute approximate surface area is 178 Å². The first kappa shape index (κ1) is 20.9. The maximum Gasteiger partial charge on any atom is 0.265 e. The Morgan fingerprint density at radius 1 is 1.23 bits per heavy atom. The van der Waals surface area contributed by atoms with Crippen LogP contribution in [0, 0.1) is 5.92 Å². The van der Waals surface area contributed by atoms with E-state index in [2.05, 4.69) is 20.1 Å². The summed E-state index contributed by atoms with van der Waals surface area (Å²) in [6.07, 6.45) is 2.06. The molecule has 0 aliphatic carbocycles. The van der Waals surface area contributed by atoms with Crippen LogP contribution in [-0.2, 0) is 9.53 Å².